The second kappa shape index (κ2) is 6.99. The van der Waals surface area contributed by atoms with Crippen molar-refractivity contribution in [1.82, 2.24) is 5.32 Å². The molecule has 5 N–H and O–H groups in total. The maximum absolute atomic E-state index is 13.0. The molecule has 1 saturated carbocycles. The lowest BCUT2D eigenvalue weighted by Crippen LogP contribution is -2.76. The van der Waals surface area contributed by atoms with E-state index in [1.165, 1.54) is 0 Å². The fraction of sp³-hybridized carbons (Fsp3) is 0.476. The normalized spacial score (nSPS) is 25.5. The van der Waals surface area contributed by atoms with E-state index in [9.17, 15) is 4.79 Å². The number of nitrogens with two attached hydrogens (primary N) is 2. The Balaban J connectivity index is 1.78. The average Bonchev–Trinajstić information content (AvgIpc) is 2.65. The molecule has 1 aliphatic rings. The molecule has 0 saturated heterocycles. The zero-order chi connectivity index (χ0) is 18.9. The Hall–Kier alpha value is -1.95. The minimum atomic E-state index is -0.947. The molecule has 0 radical (unpaired) electrons. The predicted molar refractivity (Wildman–Crippen MR) is 105 cm³/mol. The highest BCUT2D eigenvalue weighted by molar-refractivity contribution is 5.89. The lowest BCUT2D eigenvalue weighted by molar-refractivity contribution is -0.171. The number of carbonyl (C=O) groups is 1. The number of ether oxygens (including phenoxy) is 1. The van der Waals surface area contributed by atoms with Gasteiger partial charge in [0, 0.05) is 25.0 Å². The van der Waals surface area contributed by atoms with Crippen molar-refractivity contribution < 1.29 is 9.53 Å². The summed E-state index contributed by atoms with van der Waals surface area (Å²) >= 11 is 0. The fourth-order valence-electron chi connectivity index (χ4n) is 3.81. The van der Waals surface area contributed by atoms with Crippen LogP contribution in [0.3, 0.4) is 0 Å². The van der Waals surface area contributed by atoms with Crippen LogP contribution in [0.1, 0.15) is 38.8 Å². The molecule has 5 nitrogen and oxygen atoms in total. The van der Waals surface area contributed by atoms with Crippen molar-refractivity contribution in [3.05, 3.63) is 48.0 Å². The SMILES string of the molecule is CCOC1CC(N)(C(=O)NC(CN)c2ccc3ccccc3c2)C1(C)C. The fourth-order valence-corrected chi connectivity index (χ4v) is 3.81. The Bertz CT molecular complexity index is 805. The summed E-state index contributed by atoms with van der Waals surface area (Å²) in [5.74, 6) is -0.165. The van der Waals surface area contributed by atoms with Crippen LogP contribution in [-0.4, -0.2) is 30.7 Å². The molecule has 2 aromatic carbocycles. The summed E-state index contributed by atoms with van der Waals surface area (Å²) in [6.07, 6.45) is 0.523. The predicted octanol–water partition coefficient (Wildman–Crippen LogP) is 2.49. The minimum Gasteiger partial charge on any atom is -0.378 e. The summed E-state index contributed by atoms with van der Waals surface area (Å²) in [5, 5.41) is 5.35. The number of amides is 1. The van der Waals surface area contributed by atoms with E-state index >= 15 is 0 Å². The molecule has 0 spiro atoms. The van der Waals surface area contributed by atoms with Gasteiger partial charge in [0.15, 0.2) is 0 Å². The lowest BCUT2D eigenvalue weighted by atomic mass is 9.54. The Kier molecular flexibility index (Phi) is 5.06. The second-order valence-corrected chi connectivity index (χ2v) is 7.71. The highest BCUT2D eigenvalue weighted by Crippen LogP contribution is 2.50. The molecule has 3 atom stereocenters. The van der Waals surface area contributed by atoms with E-state index in [1.807, 2.05) is 39.0 Å². The Morgan fingerprint density at radius 1 is 1.27 bits per heavy atom. The van der Waals surface area contributed by atoms with Crippen molar-refractivity contribution in [2.45, 2.75) is 44.9 Å². The van der Waals surface area contributed by atoms with Crippen LogP contribution in [-0.2, 0) is 9.53 Å². The molecule has 26 heavy (non-hydrogen) atoms. The van der Waals surface area contributed by atoms with Crippen LogP contribution in [0.5, 0.6) is 0 Å². The molecule has 1 aliphatic carbocycles. The van der Waals surface area contributed by atoms with Gasteiger partial charge in [0.2, 0.25) is 5.91 Å². The number of rotatable bonds is 6. The quantitative estimate of drug-likeness (QED) is 0.742. The van der Waals surface area contributed by atoms with Gasteiger partial charge in [-0.2, -0.15) is 0 Å². The molecular weight excluding hydrogens is 326 g/mol. The van der Waals surface area contributed by atoms with Gasteiger partial charge in [-0.05, 0) is 29.3 Å². The van der Waals surface area contributed by atoms with Crippen LogP contribution in [0, 0.1) is 5.41 Å². The van der Waals surface area contributed by atoms with E-state index in [-0.39, 0.29) is 18.1 Å². The first-order valence-corrected chi connectivity index (χ1v) is 9.23. The number of hydrogen-bond donors (Lipinski definition) is 3. The van der Waals surface area contributed by atoms with Gasteiger partial charge in [0.05, 0.1) is 12.1 Å². The first kappa shape index (κ1) is 18.8. The van der Waals surface area contributed by atoms with E-state index in [2.05, 4.69) is 29.6 Å². The van der Waals surface area contributed by atoms with Crippen molar-refractivity contribution in [3.8, 4) is 0 Å². The highest BCUT2D eigenvalue weighted by Gasteiger charge is 2.63. The summed E-state index contributed by atoms with van der Waals surface area (Å²) in [6.45, 7) is 6.87. The van der Waals surface area contributed by atoms with Crippen molar-refractivity contribution >= 4 is 16.7 Å². The summed E-state index contributed by atoms with van der Waals surface area (Å²) in [5.41, 5.74) is 12.1. The number of hydrogen-bond acceptors (Lipinski definition) is 4. The molecule has 3 unspecified atom stereocenters. The van der Waals surface area contributed by atoms with Crippen molar-refractivity contribution in [2.75, 3.05) is 13.2 Å². The molecule has 3 rings (SSSR count). The molecule has 5 heteroatoms. The number of fused-ring (bicyclic) bond motifs is 1. The van der Waals surface area contributed by atoms with E-state index in [0.717, 1.165) is 16.3 Å². The highest BCUT2D eigenvalue weighted by atomic mass is 16.5. The summed E-state index contributed by atoms with van der Waals surface area (Å²) in [4.78, 5) is 13.0. The topological polar surface area (TPSA) is 90.4 Å². The Labute approximate surface area is 155 Å². The number of nitrogens with one attached hydrogen (secondary N) is 1. The second-order valence-electron chi connectivity index (χ2n) is 7.71. The van der Waals surface area contributed by atoms with Crippen LogP contribution in [0.4, 0.5) is 0 Å². The third kappa shape index (κ3) is 3.00. The van der Waals surface area contributed by atoms with Crippen molar-refractivity contribution in [3.63, 3.8) is 0 Å². The van der Waals surface area contributed by atoms with Gasteiger partial charge >= 0.3 is 0 Å². The first-order chi connectivity index (χ1) is 12.3. The Morgan fingerprint density at radius 3 is 2.58 bits per heavy atom. The van der Waals surface area contributed by atoms with Gasteiger partial charge in [-0.25, -0.2) is 0 Å². The van der Waals surface area contributed by atoms with E-state index in [1.54, 1.807) is 0 Å². The van der Waals surface area contributed by atoms with E-state index in [0.29, 0.717) is 19.6 Å². The molecule has 0 aromatic heterocycles. The minimum absolute atomic E-state index is 0.000227. The number of benzene rings is 2. The average molecular weight is 355 g/mol. The van der Waals surface area contributed by atoms with Crippen LogP contribution in [0.2, 0.25) is 0 Å². The zero-order valence-electron chi connectivity index (χ0n) is 15.8. The smallest absolute Gasteiger partial charge is 0.241 e. The largest absolute Gasteiger partial charge is 0.378 e. The summed E-state index contributed by atoms with van der Waals surface area (Å²) in [7, 11) is 0. The molecule has 0 aliphatic heterocycles. The summed E-state index contributed by atoms with van der Waals surface area (Å²) < 4.78 is 5.72. The third-order valence-electron chi connectivity index (χ3n) is 5.95. The van der Waals surface area contributed by atoms with Gasteiger partial charge in [0.25, 0.3) is 0 Å². The standard InChI is InChI=1S/C21H29N3O2/c1-4-26-18-12-21(23,20(18,2)3)19(25)24-17(13-22)16-10-9-14-7-5-6-8-15(14)11-16/h5-11,17-18H,4,12-13,22-23H2,1-3H3,(H,24,25). The van der Waals surface area contributed by atoms with Crippen molar-refractivity contribution in [1.29, 1.82) is 0 Å². The molecule has 0 heterocycles. The monoisotopic (exact) mass is 355 g/mol. The van der Waals surface area contributed by atoms with E-state index in [4.69, 9.17) is 16.2 Å². The zero-order valence-corrected chi connectivity index (χ0v) is 15.8. The van der Waals surface area contributed by atoms with Gasteiger partial charge in [-0.3, -0.25) is 4.79 Å². The van der Waals surface area contributed by atoms with E-state index < -0.39 is 11.0 Å². The van der Waals surface area contributed by atoms with Crippen LogP contribution >= 0.6 is 0 Å². The molecule has 2 aromatic rings. The van der Waals surface area contributed by atoms with Crippen LogP contribution in [0.25, 0.3) is 10.8 Å². The molecular formula is C21H29N3O2. The first-order valence-electron chi connectivity index (χ1n) is 9.23. The maximum atomic E-state index is 13.0. The number of carbonyl (C=O) groups excluding carboxylic acids is 1. The lowest BCUT2D eigenvalue weighted by Gasteiger charge is -2.57. The van der Waals surface area contributed by atoms with Gasteiger partial charge in [0.1, 0.15) is 5.54 Å². The maximum Gasteiger partial charge on any atom is 0.241 e. The Morgan fingerprint density at radius 2 is 1.96 bits per heavy atom. The third-order valence-corrected chi connectivity index (χ3v) is 5.95. The van der Waals surface area contributed by atoms with Crippen LogP contribution < -0.4 is 16.8 Å². The molecule has 1 amide bonds. The van der Waals surface area contributed by atoms with Crippen molar-refractivity contribution in [2.24, 2.45) is 16.9 Å². The van der Waals surface area contributed by atoms with Crippen LogP contribution in [0.15, 0.2) is 42.5 Å². The molecule has 1 fully saturated rings. The molecule has 140 valence electrons. The van der Waals surface area contributed by atoms with Gasteiger partial charge in [-0.15, -0.1) is 0 Å². The van der Waals surface area contributed by atoms with Gasteiger partial charge in [-0.1, -0.05) is 50.2 Å². The molecule has 0 bridgehead atoms. The van der Waals surface area contributed by atoms with Gasteiger partial charge < -0.3 is 21.5 Å². The summed E-state index contributed by atoms with van der Waals surface area (Å²) in [6, 6.07) is 14.0.